The van der Waals surface area contributed by atoms with E-state index >= 15 is 0 Å². The summed E-state index contributed by atoms with van der Waals surface area (Å²) < 4.78 is 0. The Bertz CT molecular complexity index is 484. The Morgan fingerprint density at radius 2 is 1.81 bits per heavy atom. The van der Waals surface area contributed by atoms with Crippen molar-refractivity contribution < 1.29 is 4.79 Å². The molecular weight excluding hydrogens is 258 g/mol. The first-order valence-electron chi connectivity index (χ1n) is 8.02. The highest BCUT2D eigenvalue weighted by molar-refractivity contribution is 5.82. The van der Waals surface area contributed by atoms with E-state index in [9.17, 15) is 4.79 Å². The number of hydrogen-bond acceptors (Lipinski definition) is 1. The van der Waals surface area contributed by atoms with E-state index < -0.39 is 0 Å². The van der Waals surface area contributed by atoms with Crippen molar-refractivity contribution in [2.24, 2.45) is 16.7 Å². The van der Waals surface area contributed by atoms with Crippen molar-refractivity contribution in [3.63, 3.8) is 0 Å². The molecule has 0 bridgehead atoms. The number of rotatable bonds is 4. The molecule has 1 heterocycles. The highest BCUT2D eigenvalue weighted by atomic mass is 16.2. The fraction of sp³-hybridized carbons (Fsp3) is 0.632. The van der Waals surface area contributed by atoms with Crippen molar-refractivity contribution in [2.75, 3.05) is 6.54 Å². The molecule has 2 heteroatoms. The third-order valence-corrected chi connectivity index (χ3v) is 4.55. The zero-order chi connectivity index (χ0) is 15.7. The maximum Gasteiger partial charge on any atom is 0.226 e. The molecule has 1 aromatic rings. The summed E-state index contributed by atoms with van der Waals surface area (Å²) in [5.41, 5.74) is 1.60. The summed E-state index contributed by atoms with van der Waals surface area (Å²) in [7, 11) is 0. The Kier molecular flexibility index (Phi) is 4.46. The maximum absolute atomic E-state index is 12.8. The first-order chi connectivity index (χ1) is 9.69. The van der Waals surface area contributed by atoms with Crippen LogP contribution in [0.4, 0.5) is 0 Å². The van der Waals surface area contributed by atoms with Gasteiger partial charge in [0.15, 0.2) is 0 Å². The van der Waals surface area contributed by atoms with Crippen LogP contribution in [0.3, 0.4) is 0 Å². The average molecular weight is 287 g/mol. The molecule has 0 saturated carbocycles. The second-order valence-electron chi connectivity index (χ2n) is 8.32. The topological polar surface area (TPSA) is 20.3 Å². The van der Waals surface area contributed by atoms with Gasteiger partial charge in [0.25, 0.3) is 0 Å². The molecule has 1 fully saturated rings. The van der Waals surface area contributed by atoms with Gasteiger partial charge in [-0.2, -0.15) is 0 Å². The predicted molar refractivity (Wildman–Crippen MR) is 87.8 cm³/mol. The molecule has 1 unspecified atom stereocenters. The summed E-state index contributed by atoms with van der Waals surface area (Å²) in [6.07, 6.45) is 2.10. The molecule has 1 aliphatic heterocycles. The molecule has 0 aliphatic carbocycles. The number of carbonyl (C=O) groups is 1. The normalized spacial score (nSPS) is 21.9. The van der Waals surface area contributed by atoms with Gasteiger partial charge in [0.2, 0.25) is 5.91 Å². The number of likely N-dealkylation sites (tertiary alicyclic amines) is 1. The molecule has 0 radical (unpaired) electrons. The standard InChI is InChI=1S/C19H29NO/c1-18(2,3)12-11-16-17(21)20(14-19(16,4)5)13-15-9-7-6-8-10-15/h6-10,16H,11-14H2,1-5H3. The van der Waals surface area contributed by atoms with Crippen molar-refractivity contribution in [1.82, 2.24) is 4.90 Å². The summed E-state index contributed by atoms with van der Waals surface area (Å²) in [5.74, 6) is 0.508. The second-order valence-corrected chi connectivity index (χ2v) is 8.32. The van der Waals surface area contributed by atoms with E-state index in [2.05, 4.69) is 46.8 Å². The predicted octanol–water partition coefficient (Wildman–Crippen LogP) is 4.50. The third-order valence-electron chi connectivity index (χ3n) is 4.55. The molecule has 1 aliphatic rings. The van der Waals surface area contributed by atoms with E-state index in [1.165, 1.54) is 5.56 Å². The minimum absolute atomic E-state index is 0.0805. The minimum atomic E-state index is 0.0805. The number of hydrogen-bond donors (Lipinski definition) is 0. The molecule has 1 aromatic carbocycles. The minimum Gasteiger partial charge on any atom is -0.338 e. The molecule has 0 aromatic heterocycles. The van der Waals surface area contributed by atoms with E-state index in [4.69, 9.17) is 0 Å². The Morgan fingerprint density at radius 1 is 1.19 bits per heavy atom. The van der Waals surface area contributed by atoms with Gasteiger partial charge in [0.05, 0.1) is 0 Å². The Hall–Kier alpha value is -1.31. The van der Waals surface area contributed by atoms with E-state index in [0.29, 0.717) is 11.3 Å². The molecule has 0 spiro atoms. The molecule has 21 heavy (non-hydrogen) atoms. The fourth-order valence-electron chi connectivity index (χ4n) is 3.26. The molecule has 2 nitrogen and oxygen atoms in total. The van der Waals surface area contributed by atoms with Gasteiger partial charge in [0, 0.05) is 19.0 Å². The van der Waals surface area contributed by atoms with Gasteiger partial charge in [-0.3, -0.25) is 4.79 Å². The molecule has 1 atom stereocenters. The van der Waals surface area contributed by atoms with Gasteiger partial charge in [-0.25, -0.2) is 0 Å². The number of amides is 1. The van der Waals surface area contributed by atoms with Crippen LogP contribution in [-0.2, 0) is 11.3 Å². The second kappa shape index (κ2) is 5.82. The van der Waals surface area contributed by atoms with Crippen LogP contribution in [0.25, 0.3) is 0 Å². The SMILES string of the molecule is CC(C)(C)CCC1C(=O)N(Cc2ccccc2)CC1(C)C. The summed E-state index contributed by atoms with van der Waals surface area (Å²) in [4.78, 5) is 14.8. The number of carbonyl (C=O) groups excluding carboxylic acids is 1. The van der Waals surface area contributed by atoms with Gasteiger partial charge in [0.1, 0.15) is 0 Å². The quantitative estimate of drug-likeness (QED) is 0.798. The van der Waals surface area contributed by atoms with Crippen LogP contribution >= 0.6 is 0 Å². The van der Waals surface area contributed by atoms with Gasteiger partial charge < -0.3 is 4.90 Å². The van der Waals surface area contributed by atoms with E-state index in [1.54, 1.807) is 0 Å². The van der Waals surface area contributed by atoms with E-state index in [-0.39, 0.29) is 11.3 Å². The molecule has 0 N–H and O–H groups in total. The molecular formula is C19H29NO. The highest BCUT2D eigenvalue weighted by Crippen LogP contribution is 2.41. The fourth-order valence-corrected chi connectivity index (χ4v) is 3.26. The Balaban J connectivity index is 2.05. The average Bonchev–Trinajstić information content (AvgIpc) is 2.57. The lowest BCUT2D eigenvalue weighted by molar-refractivity contribution is -0.132. The van der Waals surface area contributed by atoms with Crippen LogP contribution < -0.4 is 0 Å². The van der Waals surface area contributed by atoms with Crippen LogP contribution in [0.2, 0.25) is 0 Å². The largest absolute Gasteiger partial charge is 0.338 e. The van der Waals surface area contributed by atoms with Gasteiger partial charge in [-0.05, 0) is 29.2 Å². The summed E-state index contributed by atoms with van der Waals surface area (Å²) in [5, 5.41) is 0. The summed E-state index contributed by atoms with van der Waals surface area (Å²) >= 11 is 0. The monoisotopic (exact) mass is 287 g/mol. The van der Waals surface area contributed by atoms with Crippen molar-refractivity contribution in [1.29, 1.82) is 0 Å². The first kappa shape index (κ1) is 16.1. The van der Waals surface area contributed by atoms with Crippen LogP contribution in [0.1, 0.15) is 53.0 Å². The van der Waals surface area contributed by atoms with Crippen LogP contribution in [0, 0.1) is 16.7 Å². The lowest BCUT2D eigenvalue weighted by atomic mass is 9.76. The van der Waals surface area contributed by atoms with E-state index in [0.717, 1.165) is 25.9 Å². The third kappa shape index (κ3) is 4.09. The van der Waals surface area contributed by atoms with Crippen LogP contribution in [-0.4, -0.2) is 17.4 Å². The van der Waals surface area contributed by atoms with Crippen molar-refractivity contribution in [3.8, 4) is 0 Å². The van der Waals surface area contributed by atoms with Gasteiger partial charge >= 0.3 is 0 Å². The Morgan fingerprint density at radius 3 is 2.38 bits per heavy atom. The number of benzene rings is 1. The smallest absolute Gasteiger partial charge is 0.226 e. The van der Waals surface area contributed by atoms with Crippen molar-refractivity contribution in [3.05, 3.63) is 35.9 Å². The summed E-state index contributed by atoms with van der Waals surface area (Å²) in [6, 6.07) is 10.3. The number of nitrogens with zero attached hydrogens (tertiary/aromatic N) is 1. The lowest BCUT2D eigenvalue weighted by Crippen LogP contribution is -2.27. The van der Waals surface area contributed by atoms with Crippen molar-refractivity contribution in [2.45, 2.75) is 54.0 Å². The first-order valence-corrected chi connectivity index (χ1v) is 8.02. The molecule has 1 amide bonds. The molecule has 1 saturated heterocycles. The molecule has 116 valence electrons. The van der Waals surface area contributed by atoms with Crippen molar-refractivity contribution >= 4 is 5.91 Å². The van der Waals surface area contributed by atoms with Gasteiger partial charge in [-0.15, -0.1) is 0 Å². The van der Waals surface area contributed by atoms with Crippen LogP contribution in [0.5, 0.6) is 0 Å². The Labute approximate surface area is 129 Å². The zero-order valence-electron chi connectivity index (χ0n) is 14.1. The van der Waals surface area contributed by atoms with E-state index in [1.807, 2.05) is 23.1 Å². The molecule has 2 rings (SSSR count). The lowest BCUT2D eigenvalue weighted by Gasteiger charge is -2.27. The zero-order valence-corrected chi connectivity index (χ0v) is 14.1. The maximum atomic E-state index is 12.8. The van der Waals surface area contributed by atoms with Gasteiger partial charge in [-0.1, -0.05) is 65.0 Å². The van der Waals surface area contributed by atoms with Crippen LogP contribution in [0.15, 0.2) is 30.3 Å². The highest BCUT2D eigenvalue weighted by Gasteiger charge is 2.45. The summed E-state index contributed by atoms with van der Waals surface area (Å²) in [6.45, 7) is 12.8.